The van der Waals surface area contributed by atoms with Crippen LogP contribution in [-0.2, 0) is 16.6 Å². The number of phenols is 1. The normalized spacial score (nSPS) is 11.0. The van der Waals surface area contributed by atoms with Crippen molar-refractivity contribution in [2.75, 3.05) is 4.72 Å². The highest BCUT2D eigenvalue weighted by Gasteiger charge is 2.20. The number of benzene rings is 4. The van der Waals surface area contributed by atoms with Crippen LogP contribution < -0.4 is 14.8 Å². The lowest BCUT2D eigenvalue weighted by Crippen LogP contribution is -2.25. The average Bonchev–Trinajstić information content (AvgIpc) is 2.86. The van der Waals surface area contributed by atoms with Gasteiger partial charge in [0.05, 0.1) is 21.2 Å². The molecule has 35 heavy (non-hydrogen) atoms. The lowest BCUT2D eigenvalue weighted by atomic mass is 10.1. The van der Waals surface area contributed by atoms with Gasteiger partial charge in [0.15, 0.2) is 0 Å². The number of amides is 1. The first-order valence-corrected chi connectivity index (χ1v) is 12.4. The zero-order valence-electron chi connectivity index (χ0n) is 18.3. The lowest BCUT2D eigenvalue weighted by molar-refractivity contribution is 0.0951. The highest BCUT2D eigenvalue weighted by molar-refractivity contribution is 7.92. The second kappa shape index (κ2) is 10.5. The van der Waals surface area contributed by atoms with Crippen molar-refractivity contribution in [2.45, 2.75) is 11.4 Å². The van der Waals surface area contributed by atoms with Gasteiger partial charge in [-0.15, -0.1) is 0 Å². The van der Waals surface area contributed by atoms with Crippen LogP contribution >= 0.6 is 11.6 Å². The van der Waals surface area contributed by atoms with E-state index in [1.54, 1.807) is 24.3 Å². The van der Waals surface area contributed by atoms with E-state index in [-0.39, 0.29) is 28.4 Å². The Morgan fingerprint density at radius 2 is 1.57 bits per heavy atom. The molecule has 1 amide bonds. The molecule has 0 spiro atoms. The van der Waals surface area contributed by atoms with Gasteiger partial charge in [0, 0.05) is 6.54 Å². The predicted octanol–water partition coefficient (Wildman–Crippen LogP) is 5.57. The molecule has 4 aromatic rings. The van der Waals surface area contributed by atoms with E-state index < -0.39 is 15.9 Å². The molecule has 9 heteroatoms. The van der Waals surface area contributed by atoms with E-state index >= 15 is 0 Å². The third-order valence-electron chi connectivity index (χ3n) is 4.99. The van der Waals surface area contributed by atoms with Crippen LogP contribution in [-0.4, -0.2) is 19.4 Å². The molecule has 0 bridgehead atoms. The van der Waals surface area contributed by atoms with Crippen molar-refractivity contribution in [3.8, 4) is 17.2 Å². The van der Waals surface area contributed by atoms with Gasteiger partial charge >= 0.3 is 0 Å². The minimum Gasteiger partial charge on any atom is -0.508 e. The Hall–Kier alpha value is -4.01. The number of hydrogen-bond donors (Lipinski definition) is 3. The molecule has 0 unspecified atom stereocenters. The molecule has 7 nitrogen and oxygen atoms in total. The molecule has 0 atom stereocenters. The number of sulfonamides is 1. The van der Waals surface area contributed by atoms with Crippen LogP contribution in [0.1, 0.15) is 15.9 Å². The summed E-state index contributed by atoms with van der Waals surface area (Å²) in [7, 11) is -4.04. The summed E-state index contributed by atoms with van der Waals surface area (Å²) >= 11 is 6.10. The molecule has 4 aromatic carbocycles. The summed E-state index contributed by atoms with van der Waals surface area (Å²) in [4.78, 5) is 12.7. The summed E-state index contributed by atoms with van der Waals surface area (Å²) in [5.74, 6) is 0.144. The Morgan fingerprint density at radius 3 is 2.29 bits per heavy atom. The maximum absolute atomic E-state index is 13.0. The maximum atomic E-state index is 13.0. The molecular weight excluding hydrogens is 488 g/mol. The van der Waals surface area contributed by atoms with Gasteiger partial charge in [-0.05, 0) is 60.2 Å². The van der Waals surface area contributed by atoms with Crippen LogP contribution in [0.15, 0.2) is 102 Å². The number of hydrogen-bond acceptors (Lipinski definition) is 5. The number of para-hydroxylation sites is 1. The third kappa shape index (κ3) is 6.11. The molecule has 0 aliphatic rings. The fourth-order valence-corrected chi connectivity index (χ4v) is 4.48. The van der Waals surface area contributed by atoms with Crippen LogP contribution in [0.25, 0.3) is 0 Å². The summed E-state index contributed by atoms with van der Waals surface area (Å²) in [6.07, 6.45) is 0. The van der Waals surface area contributed by atoms with Crippen LogP contribution in [0.4, 0.5) is 5.69 Å². The summed E-state index contributed by atoms with van der Waals surface area (Å²) in [5, 5.41) is 13.0. The molecule has 0 radical (unpaired) electrons. The molecule has 3 N–H and O–H groups in total. The molecule has 4 rings (SSSR count). The minimum absolute atomic E-state index is 0.0109. The Labute approximate surface area is 208 Å². The fourth-order valence-electron chi connectivity index (χ4n) is 3.23. The van der Waals surface area contributed by atoms with Crippen molar-refractivity contribution in [3.05, 3.63) is 113 Å². The Balaban J connectivity index is 1.51. The average molecular weight is 509 g/mol. The first-order chi connectivity index (χ1) is 16.8. The van der Waals surface area contributed by atoms with Crippen LogP contribution in [0.2, 0.25) is 5.02 Å². The largest absolute Gasteiger partial charge is 0.508 e. The van der Waals surface area contributed by atoms with Gasteiger partial charge in [0.1, 0.15) is 17.2 Å². The zero-order chi connectivity index (χ0) is 24.8. The summed E-state index contributed by atoms with van der Waals surface area (Å²) in [5.41, 5.74) is 0.898. The quantitative estimate of drug-likeness (QED) is 0.270. The van der Waals surface area contributed by atoms with Crippen molar-refractivity contribution in [3.63, 3.8) is 0 Å². The van der Waals surface area contributed by atoms with Crippen molar-refractivity contribution < 1.29 is 23.1 Å². The van der Waals surface area contributed by atoms with Gasteiger partial charge in [0.25, 0.3) is 15.9 Å². The summed E-state index contributed by atoms with van der Waals surface area (Å²) in [6.45, 7) is 0.244. The second-order valence-corrected chi connectivity index (χ2v) is 9.60. The standard InChI is InChI=1S/C26H21ClN2O5S/c27-23-8-4-5-9-25(23)34-20-11-13-21(14-12-20)35(32,33)29-24-15-10-19(30)16-22(24)26(31)28-17-18-6-2-1-3-7-18/h1-16,29-30H,17H2,(H,28,31). The van der Waals surface area contributed by atoms with Crippen LogP contribution in [0.3, 0.4) is 0 Å². The van der Waals surface area contributed by atoms with Gasteiger partial charge in [-0.2, -0.15) is 0 Å². The number of nitrogens with one attached hydrogen (secondary N) is 2. The molecule has 178 valence electrons. The SMILES string of the molecule is O=C(NCc1ccccc1)c1cc(O)ccc1NS(=O)(=O)c1ccc(Oc2ccccc2Cl)cc1. The van der Waals surface area contributed by atoms with Crippen LogP contribution in [0.5, 0.6) is 17.2 Å². The molecule has 0 aliphatic heterocycles. The van der Waals surface area contributed by atoms with E-state index in [2.05, 4.69) is 10.0 Å². The number of carbonyl (C=O) groups is 1. The number of ether oxygens (including phenoxy) is 1. The van der Waals surface area contributed by atoms with Crippen LogP contribution in [0, 0.1) is 0 Å². The molecular formula is C26H21ClN2O5S. The zero-order valence-corrected chi connectivity index (χ0v) is 19.9. The fraction of sp³-hybridized carbons (Fsp3) is 0.0385. The highest BCUT2D eigenvalue weighted by atomic mass is 35.5. The second-order valence-electron chi connectivity index (χ2n) is 7.51. The van der Waals surface area contributed by atoms with Gasteiger partial charge in [-0.25, -0.2) is 8.42 Å². The van der Waals surface area contributed by atoms with Gasteiger partial charge < -0.3 is 15.2 Å². The van der Waals surface area contributed by atoms with Gasteiger partial charge in [-0.1, -0.05) is 54.1 Å². The number of rotatable bonds is 8. The predicted molar refractivity (Wildman–Crippen MR) is 134 cm³/mol. The van der Waals surface area contributed by atoms with Gasteiger partial charge in [-0.3, -0.25) is 9.52 Å². The molecule has 0 fully saturated rings. The number of phenolic OH excluding ortho intramolecular Hbond substituents is 1. The molecule has 0 saturated carbocycles. The summed E-state index contributed by atoms with van der Waals surface area (Å²) in [6, 6.07) is 25.8. The molecule has 0 heterocycles. The topological polar surface area (TPSA) is 105 Å². The van der Waals surface area contributed by atoms with E-state index in [0.717, 1.165) is 5.56 Å². The smallest absolute Gasteiger partial charge is 0.261 e. The van der Waals surface area contributed by atoms with Gasteiger partial charge in [0.2, 0.25) is 0 Å². The molecule has 0 saturated heterocycles. The summed E-state index contributed by atoms with van der Waals surface area (Å²) < 4.78 is 34.1. The number of halogens is 1. The van der Waals surface area contributed by atoms with E-state index in [1.807, 2.05) is 30.3 Å². The lowest BCUT2D eigenvalue weighted by Gasteiger charge is -2.14. The van der Waals surface area contributed by atoms with E-state index in [1.165, 1.54) is 42.5 Å². The Kier molecular flexibility index (Phi) is 7.24. The number of anilines is 1. The van der Waals surface area contributed by atoms with E-state index in [0.29, 0.717) is 16.5 Å². The first-order valence-electron chi connectivity index (χ1n) is 10.5. The van der Waals surface area contributed by atoms with Crippen molar-refractivity contribution >= 4 is 33.2 Å². The van der Waals surface area contributed by atoms with Crippen molar-refractivity contribution in [1.82, 2.24) is 5.32 Å². The Morgan fingerprint density at radius 1 is 0.886 bits per heavy atom. The third-order valence-corrected chi connectivity index (χ3v) is 6.68. The Bertz CT molecular complexity index is 1440. The highest BCUT2D eigenvalue weighted by Crippen LogP contribution is 2.30. The van der Waals surface area contributed by atoms with Crippen molar-refractivity contribution in [1.29, 1.82) is 0 Å². The molecule has 0 aromatic heterocycles. The van der Waals surface area contributed by atoms with E-state index in [9.17, 15) is 18.3 Å². The molecule has 0 aliphatic carbocycles. The number of aromatic hydroxyl groups is 1. The van der Waals surface area contributed by atoms with Crippen molar-refractivity contribution in [2.24, 2.45) is 0 Å². The minimum atomic E-state index is -4.04. The first kappa shape index (κ1) is 24.1. The van der Waals surface area contributed by atoms with E-state index in [4.69, 9.17) is 16.3 Å². The number of carbonyl (C=O) groups excluding carboxylic acids is 1. The maximum Gasteiger partial charge on any atom is 0.261 e. The monoisotopic (exact) mass is 508 g/mol.